The lowest BCUT2D eigenvalue weighted by molar-refractivity contribution is -0.144. The highest BCUT2D eigenvalue weighted by molar-refractivity contribution is 5.92. The minimum Gasteiger partial charge on any atom is -0.480 e. The number of carbonyl (C=O) groups is 2. The fourth-order valence-electron chi connectivity index (χ4n) is 2.23. The van der Waals surface area contributed by atoms with Gasteiger partial charge in [-0.15, -0.1) is 0 Å². The van der Waals surface area contributed by atoms with Crippen molar-refractivity contribution in [3.8, 4) is 0 Å². The molecule has 0 aliphatic carbocycles. The summed E-state index contributed by atoms with van der Waals surface area (Å²) in [5, 5.41) is 14.7. The number of aliphatic carboxylic acids is 1. The fraction of sp³-hybridized carbons (Fsp3) is 0.429. The third-order valence-corrected chi connectivity index (χ3v) is 3.44. The summed E-state index contributed by atoms with van der Waals surface area (Å²) in [5.74, 6) is -1.71. The largest absolute Gasteiger partial charge is 0.480 e. The van der Waals surface area contributed by atoms with Crippen molar-refractivity contribution < 1.29 is 19.1 Å². The number of amides is 1. The highest BCUT2D eigenvalue weighted by Crippen LogP contribution is 2.13. The Morgan fingerprint density at radius 2 is 2.29 bits per heavy atom. The maximum absolute atomic E-state index is 13.4. The molecule has 21 heavy (non-hydrogen) atoms. The molecule has 1 heterocycles. The minimum atomic E-state index is -0.962. The highest BCUT2D eigenvalue weighted by atomic mass is 19.1. The highest BCUT2D eigenvalue weighted by Gasteiger charge is 2.29. The average molecular weight is 295 g/mol. The van der Waals surface area contributed by atoms with Gasteiger partial charge in [0.1, 0.15) is 11.9 Å². The number of hydrogen-bond donors (Lipinski definition) is 3. The summed E-state index contributed by atoms with van der Waals surface area (Å²) in [6.45, 7) is 3.03. The van der Waals surface area contributed by atoms with Gasteiger partial charge in [-0.2, -0.15) is 0 Å². The van der Waals surface area contributed by atoms with Crippen LogP contribution < -0.4 is 10.6 Å². The van der Waals surface area contributed by atoms with E-state index in [1.165, 1.54) is 6.07 Å². The summed E-state index contributed by atoms with van der Waals surface area (Å²) in [6.07, 6.45) is 0. The van der Waals surface area contributed by atoms with E-state index < -0.39 is 17.8 Å². The maximum atomic E-state index is 13.4. The van der Waals surface area contributed by atoms with Crippen LogP contribution in [0.5, 0.6) is 0 Å². The van der Waals surface area contributed by atoms with Crippen molar-refractivity contribution in [1.29, 1.82) is 0 Å². The van der Waals surface area contributed by atoms with Gasteiger partial charge in [-0.05, 0) is 24.6 Å². The standard InChI is InChI=1S/C14H18FN3O3/c1-9-2-3-10(6-11(9)15)17-13(19)8-18-5-4-16-7-12(18)14(20)21/h2-3,6,12,16H,4-5,7-8H2,1H3,(H,17,19)(H,20,21). The van der Waals surface area contributed by atoms with E-state index in [9.17, 15) is 14.0 Å². The Balaban J connectivity index is 1.97. The van der Waals surface area contributed by atoms with Gasteiger partial charge in [0.05, 0.1) is 6.54 Å². The number of hydrogen-bond acceptors (Lipinski definition) is 4. The predicted octanol–water partition coefficient (Wildman–Crippen LogP) is 0.431. The first kappa shape index (κ1) is 15.4. The number of nitrogens with one attached hydrogen (secondary N) is 2. The van der Waals surface area contributed by atoms with Gasteiger partial charge in [0.25, 0.3) is 0 Å². The van der Waals surface area contributed by atoms with Crippen LogP contribution in [0.1, 0.15) is 5.56 Å². The molecule has 1 aromatic carbocycles. The van der Waals surface area contributed by atoms with Gasteiger partial charge >= 0.3 is 5.97 Å². The molecule has 1 aliphatic rings. The Morgan fingerprint density at radius 3 is 2.95 bits per heavy atom. The van der Waals surface area contributed by atoms with Crippen molar-refractivity contribution in [2.24, 2.45) is 0 Å². The Hall–Kier alpha value is -1.99. The molecule has 7 heteroatoms. The number of piperazine rings is 1. The molecule has 1 amide bonds. The third-order valence-electron chi connectivity index (χ3n) is 3.44. The topological polar surface area (TPSA) is 81.7 Å². The first-order valence-electron chi connectivity index (χ1n) is 6.71. The Morgan fingerprint density at radius 1 is 1.52 bits per heavy atom. The van der Waals surface area contributed by atoms with Crippen LogP contribution in [0.4, 0.5) is 10.1 Å². The molecule has 6 nitrogen and oxygen atoms in total. The number of rotatable bonds is 4. The second kappa shape index (κ2) is 6.64. The lowest BCUT2D eigenvalue weighted by atomic mass is 10.2. The summed E-state index contributed by atoms with van der Waals surface area (Å²) in [6, 6.07) is 3.72. The quantitative estimate of drug-likeness (QED) is 0.750. The lowest BCUT2D eigenvalue weighted by Crippen LogP contribution is -2.56. The average Bonchev–Trinajstić information content (AvgIpc) is 2.43. The first-order valence-corrected chi connectivity index (χ1v) is 6.71. The normalized spacial score (nSPS) is 19.2. The van der Waals surface area contributed by atoms with Crippen molar-refractivity contribution in [1.82, 2.24) is 10.2 Å². The number of carboxylic acid groups (broad SMARTS) is 1. The molecular formula is C14H18FN3O3. The van der Waals surface area contributed by atoms with Gasteiger partial charge in [-0.25, -0.2) is 4.39 Å². The van der Waals surface area contributed by atoms with E-state index in [0.717, 1.165) is 0 Å². The van der Waals surface area contributed by atoms with E-state index in [2.05, 4.69) is 10.6 Å². The number of nitrogens with zero attached hydrogens (tertiary/aromatic N) is 1. The fourth-order valence-corrected chi connectivity index (χ4v) is 2.23. The van der Waals surface area contributed by atoms with Crippen molar-refractivity contribution >= 4 is 17.6 Å². The summed E-state index contributed by atoms with van der Waals surface area (Å²) < 4.78 is 13.4. The van der Waals surface area contributed by atoms with Crippen LogP contribution in [0.25, 0.3) is 0 Å². The molecule has 0 aromatic heterocycles. The monoisotopic (exact) mass is 295 g/mol. The Labute approximate surface area is 121 Å². The number of aryl methyl sites for hydroxylation is 1. The van der Waals surface area contributed by atoms with Crippen LogP contribution in [0.15, 0.2) is 18.2 Å². The third kappa shape index (κ3) is 3.99. The molecule has 0 saturated carbocycles. The molecule has 3 N–H and O–H groups in total. The van der Waals surface area contributed by atoms with E-state index in [1.807, 2.05) is 0 Å². The van der Waals surface area contributed by atoms with Crippen molar-refractivity contribution in [3.63, 3.8) is 0 Å². The van der Waals surface area contributed by atoms with E-state index >= 15 is 0 Å². The molecule has 1 fully saturated rings. The number of anilines is 1. The zero-order valence-corrected chi connectivity index (χ0v) is 11.7. The summed E-state index contributed by atoms with van der Waals surface area (Å²) >= 11 is 0. The predicted molar refractivity (Wildman–Crippen MR) is 75.6 cm³/mol. The molecule has 1 saturated heterocycles. The Kier molecular flexibility index (Phi) is 4.87. The van der Waals surface area contributed by atoms with Crippen LogP contribution in [0.3, 0.4) is 0 Å². The molecule has 0 spiro atoms. The minimum absolute atomic E-state index is 0.0336. The number of benzene rings is 1. The number of halogens is 1. The molecule has 1 aliphatic heterocycles. The second-order valence-corrected chi connectivity index (χ2v) is 5.04. The number of carbonyl (C=O) groups excluding carboxylic acids is 1. The van der Waals surface area contributed by atoms with Gasteiger partial charge in [0.15, 0.2) is 0 Å². The van der Waals surface area contributed by atoms with Crippen molar-refractivity contribution in [2.45, 2.75) is 13.0 Å². The van der Waals surface area contributed by atoms with Crippen LogP contribution in [0.2, 0.25) is 0 Å². The van der Waals surface area contributed by atoms with Crippen LogP contribution in [-0.4, -0.2) is 54.1 Å². The van der Waals surface area contributed by atoms with Gasteiger partial charge in [-0.1, -0.05) is 6.07 Å². The smallest absolute Gasteiger partial charge is 0.322 e. The maximum Gasteiger partial charge on any atom is 0.322 e. The zero-order chi connectivity index (χ0) is 15.4. The molecule has 2 rings (SSSR count). The molecule has 114 valence electrons. The van der Waals surface area contributed by atoms with Gasteiger partial charge in [0, 0.05) is 25.3 Å². The molecular weight excluding hydrogens is 277 g/mol. The van der Waals surface area contributed by atoms with Gasteiger partial charge in [0.2, 0.25) is 5.91 Å². The second-order valence-electron chi connectivity index (χ2n) is 5.04. The first-order chi connectivity index (χ1) is 9.97. The molecule has 1 aromatic rings. The Bertz CT molecular complexity index is 550. The zero-order valence-electron chi connectivity index (χ0n) is 11.7. The van der Waals surface area contributed by atoms with E-state index in [1.54, 1.807) is 24.0 Å². The molecule has 0 radical (unpaired) electrons. The summed E-state index contributed by atoms with van der Waals surface area (Å²) in [5.41, 5.74) is 0.867. The van der Waals surface area contributed by atoms with E-state index in [0.29, 0.717) is 30.9 Å². The van der Waals surface area contributed by atoms with Crippen molar-refractivity contribution in [3.05, 3.63) is 29.6 Å². The van der Waals surface area contributed by atoms with Gasteiger partial charge in [-0.3, -0.25) is 14.5 Å². The summed E-state index contributed by atoms with van der Waals surface area (Å²) in [4.78, 5) is 24.7. The van der Waals surface area contributed by atoms with E-state index in [-0.39, 0.29) is 12.5 Å². The van der Waals surface area contributed by atoms with Crippen LogP contribution >= 0.6 is 0 Å². The van der Waals surface area contributed by atoms with E-state index in [4.69, 9.17) is 5.11 Å². The summed E-state index contributed by atoms with van der Waals surface area (Å²) in [7, 11) is 0. The lowest BCUT2D eigenvalue weighted by Gasteiger charge is -2.32. The van der Waals surface area contributed by atoms with Crippen LogP contribution in [-0.2, 0) is 9.59 Å². The van der Waals surface area contributed by atoms with Gasteiger partial charge < -0.3 is 15.7 Å². The molecule has 1 atom stereocenters. The number of carboxylic acids is 1. The molecule has 1 unspecified atom stereocenters. The molecule has 0 bridgehead atoms. The van der Waals surface area contributed by atoms with Crippen LogP contribution in [0, 0.1) is 12.7 Å². The SMILES string of the molecule is Cc1ccc(NC(=O)CN2CCNCC2C(=O)O)cc1F. The van der Waals surface area contributed by atoms with Crippen molar-refractivity contribution in [2.75, 3.05) is 31.5 Å².